The van der Waals surface area contributed by atoms with Crippen LogP contribution in [0.5, 0.6) is 0 Å². The minimum absolute atomic E-state index is 0.464. The first-order chi connectivity index (χ1) is 14.9. The zero-order valence-electron chi connectivity index (χ0n) is 21.2. The van der Waals surface area contributed by atoms with Crippen LogP contribution < -0.4 is 0 Å². The molecule has 0 aromatic rings. The van der Waals surface area contributed by atoms with Crippen molar-refractivity contribution in [1.29, 1.82) is 0 Å². The van der Waals surface area contributed by atoms with Crippen molar-refractivity contribution >= 4 is 0 Å². The number of rotatable bonds is 8. The molecule has 2 N–H and O–H groups in total. The molecule has 0 aromatic heterocycles. The molecule has 32 heavy (non-hydrogen) atoms. The molecule has 0 heterocycles. The van der Waals surface area contributed by atoms with Crippen molar-refractivity contribution in [3.8, 4) is 0 Å². The summed E-state index contributed by atoms with van der Waals surface area (Å²) >= 11 is 0. The van der Waals surface area contributed by atoms with E-state index in [0.29, 0.717) is 6.42 Å². The molecule has 1 aliphatic carbocycles. The van der Waals surface area contributed by atoms with Crippen molar-refractivity contribution in [2.75, 3.05) is 0 Å². The predicted octanol–water partition coefficient (Wildman–Crippen LogP) is 7.48. The average molecular weight is 435 g/mol. The number of hydrogen-bond acceptors (Lipinski definition) is 2. The summed E-state index contributed by atoms with van der Waals surface area (Å²) in [6, 6.07) is 0. The molecule has 0 aliphatic heterocycles. The molecule has 0 bridgehead atoms. The van der Waals surface area contributed by atoms with E-state index < -0.39 is 17.6 Å². The minimum Gasteiger partial charge on any atom is -0.390 e. The van der Waals surface area contributed by atoms with Gasteiger partial charge in [-0.3, -0.25) is 0 Å². The van der Waals surface area contributed by atoms with Gasteiger partial charge in [-0.15, -0.1) is 0 Å². The summed E-state index contributed by atoms with van der Waals surface area (Å²) in [5.74, 6) is 0. The molecule has 0 fully saturated rings. The van der Waals surface area contributed by atoms with Gasteiger partial charge in [-0.05, 0) is 53.5 Å². The number of hydrogen-bond donors (Lipinski definition) is 2. The summed E-state index contributed by atoms with van der Waals surface area (Å²) in [5.41, 5.74) is 6.57. The third-order valence-corrected chi connectivity index (χ3v) is 5.62. The van der Waals surface area contributed by atoms with Gasteiger partial charge in [0.2, 0.25) is 0 Å². The molecule has 174 valence electrons. The van der Waals surface area contributed by atoms with E-state index in [1.165, 1.54) is 16.7 Å². The lowest BCUT2D eigenvalue weighted by atomic mass is 9.69. The van der Waals surface area contributed by atoms with Gasteiger partial charge in [0.1, 0.15) is 0 Å². The second-order valence-corrected chi connectivity index (χ2v) is 9.54. The zero-order valence-corrected chi connectivity index (χ0v) is 21.2. The Morgan fingerprint density at radius 3 is 1.75 bits per heavy atom. The van der Waals surface area contributed by atoms with Crippen LogP contribution in [0.2, 0.25) is 0 Å². The highest BCUT2D eigenvalue weighted by atomic mass is 16.3. The number of allylic oxidation sites excluding steroid dienone is 16. The van der Waals surface area contributed by atoms with Gasteiger partial charge in [0.15, 0.2) is 0 Å². The third kappa shape index (κ3) is 9.38. The van der Waals surface area contributed by atoms with Crippen molar-refractivity contribution in [3.63, 3.8) is 0 Å². The van der Waals surface area contributed by atoms with Crippen molar-refractivity contribution in [2.45, 2.75) is 74.0 Å². The van der Waals surface area contributed by atoms with Crippen LogP contribution >= 0.6 is 0 Å². The molecule has 0 saturated carbocycles. The molecule has 1 unspecified atom stereocenters. The number of aliphatic hydroxyl groups excluding tert-OH is 2. The molecule has 0 aromatic carbocycles. The summed E-state index contributed by atoms with van der Waals surface area (Å²) in [7, 11) is 0. The molecule has 2 nitrogen and oxygen atoms in total. The number of aliphatic hydroxyl groups is 2. The van der Waals surface area contributed by atoms with E-state index in [-0.39, 0.29) is 0 Å². The average Bonchev–Trinajstić information content (AvgIpc) is 2.69. The first-order valence-corrected chi connectivity index (χ1v) is 11.4. The van der Waals surface area contributed by atoms with E-state index in [1.807, 2.05) is 20.8 Å². The van der Waals surface area contributed by atoms with Gasteiger partial charge in [0.05, 0.1) is 12.2 Å². The van der Waals surface area contributed by atoms with Gasteiger partial charge in [-0.25, -0.2) is 0 Å². The highest BCUT2D eigenvalue weighted by Gasteiger charge is 2.40. The highest BCUT2D eigenvalue weighted by Crippen LogP contribution is 2.41. The van der Waals surface area contributed by atoms with Crippen LogP contribution in [0, 0.1) is 5.41 Å². The second-order valence-electron chi connectivity index (χ2n) is 9.54. The van der Waals surface area contributed by atoms with Gasteiger partial charge >= 0.3 is 0 Å². The third-order valence-electron chi connectivity index (χ3n) is 5.62. The molecule has 2 atom stereocenters. The van der Waals surface area contributed by atoms with Crippen LogP contribution in [0.15, 0.2) is 106 Å². The van der Waals surface area contributed by atoms with Gasteiger partial charge in [-0.2, -0.15) is 0 Å². The maximum atomic E-state index is 10.4. The van der Waals surface area contributed by atoms with Crippen molar-refractivity contribution < 1.29 is 10.2 Å². The Kier molecular flexibility index (Phi) is 11.4. The van der Waals surface area contributed by atoms with E-state index in [0.717, 1.165) is 16.7 Å². The lowest BCUT2D eigenvalue weighted by molar-refractivity contribution is -0.0439. The smallest absolute Gasteiger partial charge is 0.0893 e. The summed E-state index contributed by atoms with van der Waals surface area (Å²) in [6.45, 7) is 16.4. The van der Waals surface area contributed by atoms with Crippen molar-refractivity contribution in [2.24, 2.45) is 5.41 Å². The fraction of sp³-hybridized carbons (Fsp3) is 0.400. The van der Waals surface area contributed by atoms with E-state index in [4.69, 9.17) is 0 Å². The first-order valence-electron chi connectivity index (χ1n) is 11.4. The second kappa shape index (κ2) is 13.2. The summed E-state index contributed by atoms with van der Waals surface area (Å²) < 4.78 is 0. The molecule has 1 aliphatic rings. The molecule has 2 heteroatoms. The Bertz CT molecular complexity index is 904. The quantitative estimate of drug-likeness (QED) is 0.389. The fourth-order valence-electron chi connectivity index (χ4n) is 3.62. The molecular formula is C30H42O2. The summed E-state index contributed by atoms with van der Waals surface area (Å²) in [6.07, 6.45) is 24.0. The Morgan fingerprint density at radius 1 is 0.750 bits per heavy atom. The van der Waals surface area contributed by atoms with E-state index in [2.05, 4.69) is 108 Å². The van der Waals surface area contributed by atoms with E-state index >= 15 is 0 Å². The van der Waals surface area contributed by atoms with Gasteiger partial charge in [0, 0.05) is 5.41 Å². The summed E-state index contributed by atoms with van der Waals surface area (Å²) in [4.78, 5) is 0. The standard InChI is InChI=1S/C30H42O2/c1-22(2)13-11-16-23(3)14-9-10-15-24(4)17-12-18-25(5)19-20-27-26(6)21-28(31)29(32)30(27,7)8/h9-20,28-29,31-32H,21H2,1-8H3/b10-9+,16-11+,17-12+,20-19+,23-14+,24-15+,25-18+/t28-,29?/m1/s1. The monoisotopic (exact) mass is 434 g/mol. The highest BCUT2D eigenvalue weighted by molar-refractivity contribution is 5.39. The maximum Gasteiger partial charge on any atom is 0.0893 e. The largest absolute Gasteiger partial charge is 0.390 e. The molecular weight excluding hydrogens is 392 g/mol. The van der Waals surface area contributed by atoms with Crippen LogP contribution in [0.25, 0.3) is 0 Å². The van der Waals surface area contributed by atoms with Gasteiger partial charge < -0.3 is 10.2 Å². The lowest BCUT2D eigenvalue weighted by Crippen LogP contribution is -2.44. The van der Waals surface area contributed by atoms with Gasteiger partial charge in [0.25, 0.3) is 0 Å². The SMILES string of the molecule is CC(C)=C/C=C/C(C)=C/C=C/C=C(C)/C=C/C=C(C)/C=C/C1=C(C)C[C@@H](O)C(O)C1(C)C. The van der Waals surface area contributed by atoms with Crippen LogP contribution in [0.4, 0.5) is 0 Å². The Morgan fingerprint density at radius 2 is 1.22 bits per heavy atom. The molecule has 0 saturated heterocycles. The Hall–Kier alpha value is -2.42. The van der Waals surface area contributed by atoms with E-state index in [1.54, 1.807) is 0 Å². The molecule has 0 amide bonds. The Labute approximate surface area is 196 Å². The maximum absolute atomic E-state index is 10.4. The van der Waals surface area contributed by atoms with E-state index in [9.17, 15) is 10.2 Å². The fourth-order valence-corrected chi connectivity index (χ4v) is 3.62. The molecule has 1 rings (SSSR count). The van der Waals surface area contributed by atoms with Crippen LogP contribution in [0.1, 0.15) is 61.8 Å². The topological polar surface area (TPSA) is 40.5 Å². The van der Waals surface area contributed by atoms with Crippen molar-refractivity contribution in [3.05, 3.63) is 106 Å². The first kappa shape index (κ1) is 27.6. The van der Waals surface area contributed by atoms with Crippen molar-refractivity contribution in [1.82, 2.24) is 0 Å². The minimum atomic E-state index is -0.747. The molecule has 0 radical (unpaired) electrons. The van der Waals surface area contributed by atoms with Crippen LogP contribution in [0.3, 0.4) is 0 Å². The van der Waals surface area contributed by atoms with Crippen LogP contribution in [-0.2, 0) is 0 Å². The summed E-state index contributed by atoms with van der Waals surface area (Å²) in [5, 5.41) is 20.4. The molecule has 0 spiro atoms. The normalized spacial score (nSPS) is 23.4. The van der Waals surface area contributed by atoms with Gasteiger partial charge in [-0.1, -0.05) is 115 Å². The lowest BCUT2D eigenvalue weighted by Gasteiger charge is -2.40. The van der Waals surface area contributed by atoms with Crippen LogP contribution in [-0.4, -0.2) is 22.4 Å². The predicted molar refractivity (Wildman–Crippen MR) is 140 cm³/mol. The zero-order chi connectivity index (χ0) is 24.3. The Balaban J connectivity index is 2.74.